The van der Waals surface area contributed by atoms with Crippen LogP contribution in [-0.4, -0.2) is 32.7 Å². The smallest absolute Gasteiger partial charge is 0.162 e. The van der Waals surface area contributed by atoms with E-state index < -0.39 is 0 Å². The summed E-state index contributed by atoms with van der Waals surface area (Å²) in [5, 5.41) is 5.77. The zero-order valence-corrected chi connectivity index (χ0v) is 16.0. The molecule has 0 atom stereocenters. The Balaban J connectivity index is 1.67. The highest BCUT2D eigenvalue weighted by molar-refractivity contribution is 5.99. The van der Waals surface area contributed by atoms with E-state index in [9.17, 15) is 0 Å². The highest BCUT2D eigenvalue weighted by Crippen LogP contribution is 2.33. The maximum Gasteiger partial charge on any atom is 0.162 e. The molecule has 0 unspecified atom stereocenters. The Labute approximate surface area is 158 Å². The van der Waals surface area contributed by atoms with Crippen molar-refractivity contribution < 1.29 is 0 Å². The van der Waals surface area contributed by atoms with Crippen molar-refractivity contribution in [3.05, 3.63) is 54.1 Å². The number of hydrogen-bond donors (Lipinski definition) is 0. The van der Waals surface area contributed by atoms with Crippen molar-refractivity contribution in [3.8, 4) is 11.1 Å². The minimum absolute atomic E-state index is 0.757. The molecule has 5 rings (SSSR count). The van der Waals surface area contributed by atoms with Gasteiger partial charge in [0.25, 0.3) is 0 Å². The number of anilines is 1. The number of aryl methyl sites for hydroxylation is 2. The van der Waals surface area contributed by atoms with Gasteiger partial charge in [-0.1, -0.05) is 32.0 Å². The predicted octanol–water partition coefficient (Wildman–Crippen LogP) is 4.27. The van der Waals surface area contributed by atoms with Crippen LogP contribution in [0.5, 0.6) is 0 Å². The first-order valence-electron chi connectivity index (χ1n) is 9.62. The first kappa shape index (κ1) is 16.2. The Morgan fingerprint density at radius 2 is 2.00 bits per heavy atom. The average molecular weight is 357 g/mol. The van der Waals surface area contributed by atoms with Crippen LogP contribution in [0.2, 0.25) is 0 Å². The van der Waals surface area contributed by atoms with E-state index in [0.717, 1.165) is 64.5 Å². The zero-order valence-electron chi connectivity index (χ0n) is 16.0. The van der Waals surface area contributed by atoms with Gasteiger partial charge >= 0.3 is 0 Å². The van der Waals surface area contributed by atoms with Crippen LogP contribution in [0.15, 0.2) is 42.9 Å². The van der Waals surface area contributed by atoms with Crippen LogP contribution < -0.4 is 4.90 Å². The largest absolute Gasteiger partial charge is 0.368 e. The summed E-state index contributed by atoms with van der Waals surface area (Å²) in [5.74, 6) is 0.757. The lowest BCUT2D eigenvalue weighted by molar-refractivity contribution is 0.446. The lowest BCUT2D eigenvalue weighted by Crippen LogP contribution is -2.45. The molecule has 136 valence electrons. The fraction of sp³-hybridized carbons (Fsp3) is 0.318. The van der Waals surface area contributed by atoms with E-state index in [0.29, 0.717) is 0 Å². The maximum absolute atomic E-state index is 4.81. The second kappa shape index (κ2) is 6.05. The molecule has 1 aliphatic heterocycles. The minimum Gasteiger partial charge on any atom is -0.368 e. The third kappa shape index (κ3) is 2.57. The van der Waals surface area contributed by atoms with Crippen molar-refractivity contribution in [1.29, 1.82) is 0 Å². The summed E-state index contributed by atoms with van der Waals surface area (Å²) >= 11 is 0. The van der Waals surface area contributed by atoms with E-state index in [1.54, 1.807) is 0 Å². The van der Waals surface area contributed by atoms with Gasteiger partial charge in [-0.3, -0.25) is 4.98 Å². The van der Waals surface area contributed by atoms with E-state index in [2.05, 4.69) is 61.2 Å². The van der Waals surface area contributed by atoms with Gasteiger partial charge in [0.05, 0.1) is 29.8 Å². The Hall–Kier alpha value is -2.95. The fourth-order valence-electron chi connectivity index (χ4n) is 4.07. The Morgan fingerprint density at radius 1 is 1.15 bits per heavy atom. The van der Waals surface area contributed by atoms with Gasteiger partial charge in [0.15, 0.2) is 5.65 Å². The molecule has 0 aliphatic carbocycles. The number of benzene rings is 1. The van der Waals surface area contributed by atoms with Crippen molar-refractivity contribution in [1.82, 2.24) is 19.6 Å². The summed E-state index contributed by atoms with van der Waals surface area (Å²) in [6, 6.07) is 8.57. The SMILES string of the molecule is CCc1cccc2c(-c3cnn4cc(N5CC(C)C5)cnc34)cc(C)nc12. The first-order valence-corrected chi connectivity index (χ1v) is 9.62. The van der Waals surface area contributed by atoms with Crippen molar-refractivity contribution in [2.75, 3.05) is 18.0 Å². The number of fused-ring (bicyclic) bond motifs is 2. The molecule has 27 heavy (non-hydrogen) atoms. The normalized spacial score (nSPS) is 14.9. The Bertz CT molecular complexity index is 1150. The summed E-state index contributed by atoms with van der Waals surface area (Å²) < 4.78 is 1.90. The van der Waals surface area contributed by atoms with Crippen molar-refractivity contribution in [2.45, 2.75) is 27.2 Å². The Morgan fingerprint density at radius 3 is 2.78 bits per heavy atom. The molecule has 0 amide bonds. The average Bonchev–Trinajstić information content (AvgIpc) is 3.07. The summed E-state index contributed by atoms with van der Waals surface area (Å²) in [6.45, 7) is 8.69. The number of rotatable bonds is 3. The van der Waals surface area contributed by atoms with Gasteiger partial charge in [-0.05, 0) is 36.5 Å². The third-order valence-electron chi connectivity index (χ3n) is 5.49. The van der Waals surface area contributed by atoms with Crippen LogP contribution in [0.25, 0.3) is 27.7 Å². The molecule has 0 N–H and O–H groups in total. The summed E-state index contributed by atoms with van der Waals surface area (Å²) in [7, 11) is 0. The van der Waals surface area contributed by atoms with Crippen molar-refractivity contribution in [2.24, 2.45) is 5.92 Å². The van der Waals surface area contributed by atoms with Gasteiger partial charge < -0.3 is 4.90 Å². The van der Waals surface area contributed by atoms with E-state index in [1.807, 2.05) is 16.9 Å². The van der Waals surface area contributed by atoms with Gasteiger partial charge in [0.2, 0.25) is 0 Å². The topological polar surface area (TPSA) is 46.3 Å². The van der Waals surface area contributed by atoms with Crippen LogP contribution in [0.4, 0.5) is 5.69 Å². The molecule has 4 heterocycles. The van der Waals surface area contributed by atoms with Crippen molar-refractivity contribution >= 4 is 22.2 Å². The number of nitrogens with zero attached hydrogens (tertiary/aromatic N) is 5. The number of para-hydroxylation sites is 1. The standard InChI is InChI=1S/C22H23N5/c1-4-16-6-5-7-18-19(8-15(3)25-21(16)18)20-10-24-27-13-17(9-23-22(20)27)26-11-14(2)12-26/h5-10,13-14H,4,11-12H2,1-3H3. The van der Waals surface area contributed by atoms with Gasteiger partial charge in [-0.25, -0.2) is 9.50 Å². The van der Waals surface area contributed by atoms with Gasteiger partial charge in [0.1, 0.15) is 0 Å². The Kier molecular flexibility index (Phi) is 3.64. The second-order valence-electron chi connectivity index (χ2n) is 7.63. The van der Waals surface area contributed by atoms with Crippen LogP contribution >= 0.6 is 0 Å². The van der Waals surface area contributed by atoms with Gasteiger partial charge in [0, 0.05) is 29.7 Å². The second-order valence-corrected chi connectivity index (χ2v) is 7.63. The molecule has 3 aromatic heterocycles. The quantitative estimate of drug-likeness (QED) is 0.549. The van der Waals surface area contributed by atoms with Gasteiger partial charge in [-0.15, -0.1) is 0 Å². The van der Waals surface area contributed by atoms with E-state index >= 15 is 0 Å². The maximum atomic E-state index is 4.81. The molecule has 1 fully saturated rings. The lowest BCUT2D eigenvalue weighted by Gasteiger charge is -2.38. The lowest BCUT2D eigenvalue weighted by atomic mass is 9.99. The molecule has 1 aliphatic rings. The molecule has 5 nitrogen and oxygen atoms in total. The van der Waals surface area contributed by atoms with Gasteiger partial charge in [-0.2, -0.15) is 5.10 Å². The molecular formula is C22H23N5. The fourth-order valence-corrected chi connectivity index (χ4v) is 4.07. The molecule has 0 bridgehead atoms. The molecule has 1 saturated heterocycles. The van der Waals surface area contributed by atoms with E-state index in [-0.39, 0.29) is 0 Å². The zero-order chi connectivity index (χ0) is 18.5. The summed E-state index contributed by atoms with van der Waals surface area (Å²) in [6.07, 6.45) is 6.96. The van der Waals surface area contributed by atoms with E-state index in [4.69, 9.17) is 9.97 Å². The van der Waals surface area contributed by atoms with Crippen LogP contribution in [-0.2, 0) is 6.42 Å². The first-order chi connectivity index (χ1) is 13.1. The third-order valence-corrected chi connectivity index (χ3v) is 5.49. The molecule has 0 radical (unpaired) electrons. The van der Waals surface area contributed by atoms with E-state index in [1.165, 1.54) is 5.56 Å². The van der Waals surface area contributed by atoms with Crippen LogP contribution in [0, 0.1) is 12.8 Å². The van der Waals surface area contributed by atoms with Crippen molar-refractivity contribution in [3.63, 3.8) is 0 Å². The summed E-state index contributed by atoms with van der Waals surface area (Å²) in [4.78, 5) is 11.9. The molecule has 1 aromatic carbocycles. The predicted molar refractivity (Wildman–Crippen MR) is 109 cm³/mol. The molecule has 4 aromatic rings. The highest BCUT2D eigenvalue weighted by atomic mass is 15.3. The number of pyridine rings is 1. The molecule has 0 spiro atoms. The molecule has 0 saturated carbocycles. The summed E-state index contributed by atoms with van der Waals surface area (Å²) in [5.41, 5.74) is 7.61. The molecular weight excluding hydrogens is 334 g/mol. The monoisotopic (exact) mass is 357 g/mol. The molecule has 5 heteroatoms. The van der Waals surface area contributed by atoms with Crippen LogP contribution in [0.1, 0.15) is 25.1 Å². The van der Waals surface area contributed by atoms with Crippen LogP contribution in [0.3, 0.4) is 0 Å². The number of aromatic nitrogens is 4. The minimum atomic E-state index is 0.757. The highest BCUT2D eigenvalue weighted by Gasteiger charge is 2.23. The number of hydrogen-bond acceptors (Lipinski definition) is 4.